The summed E-state index contributed by atoms with van der Waals surface area (Å²) < 4.78 is 0. The molecule has 2 aromatic carbocycles. The Hall–Kier alpha value is -2.98. The molecule has 0 aliphatic carbocycles. The number of hydrogen-bond acceptors (Lipinski definition) is 4. The van der Waals surface area contributed by atoms with Crippen molar-refractivity contribution in [2.45, 2.75) is 12.1 Å². The highest BCUT2D eigenvalue weighted by Crippen LogP contribution is 2.40. The first kappa shape index (κ1) is 14.0. The van der Waals surface area contributed by atoms with Crippen LogP contribution in [0.1, 0.15) is 23.2 Å². The normalized spacial score (nSPS) is 21.0. The van der Waals surface area contributed by atoms with E-state index in [2.05, 4.69) is 12.4 Å². The van der Waals surface area contributed by atoms with Gasteiger partial charge in [0, 0.05) is 13.1 Å². The zero-order chi connectivity index (χ0) is 15.4. The van der Waals surface area contributed by atoms with Gasteiger partial charge in [0.1, 0.15) is 0 Å². The average molecular weight is 288 g/mol. The second-order valence-corrected chi connectivity index (χ2v) is 5.30. The van der Waals surface area contributed by atoms with E-state index in [1.165, 1.54) is 0 Å². The Morgan fingerprint density at radius 1 is 0.682 bits per heavy atom. The SMILES string of the molecule is N#CN1CCN(C#N)C(c2ccccc2)C1c1ccccc1. The lowest BCUT2D eigenvalue weighted by Crippen LogP contribution is -2.46. The maximum atomic E-state index is 9.52. The van der Waals surface area contributed by atoms with Crippen LogP contribution < -0.4 is 0 Å². The Balaban J connectivity index is 2.10. The topological polar surface area (TPSA) is 54.1 Å². The van der Waals surface area contributed by atoms with Crippen LogP contribution in [0.4, 0.5) is 0 Å². The van der Waals surface area contributed by atoms with Gasteiger partial charge in [0.05, 0.1) is 12.1 Å². The van der Waals surface area contributed by atoms with Gasteiger partial charge >= 0.3 is 0 Å². The zero-order valence-electron chi connectivity index (χ0n) is 12.1. The molecular formula is C18H16N4. The summed E-state index contributed by atoms with van der Waals surface area (Å²) in [4.78, 5) is 3.56. The van der Waals surface area contributed by atoms with Gasteiger partial charge in [-0.1, -0.05) is 60.7 Å². The molecule has 1 aliphatic heterocycles. The maximum absolute atomic E-state index is 9.52. The molecule has 2 atom stereocenters. The molecular weight excluding hydrogens is 272 g/mol. The number of rotatable bonds is 2. The average Bonchev–Trinajstić information content (AvgIpc) is 2.61. The highest BCUT2D eigenvalue weighted by Gasteiger charge is 2.38. The quantitative estimate of drug-likeness (QED) is 0.797. The number of benzene rings is 2. The third kappa shape index (κ3) is 2.47. The van der Waals surface area contributed by atoms with E-state index in [0.717, 1.165) is 11.1 Å². The molecule has 1 heterocycles. The summed E-state index contributed by atoms with van der Waals surface area (Å²) in [5.74, 6) is 0. The molecule has 0 saturated carbocycles. The van der Waals surface area contributed by atoms with Gasteiger partial charge in [0.25, 0.3) is 0 Å². The summed E-state index contributed by atoms with van der Waals surface area (Å²) in [6, 6.07) is 19.6. The van der Waals surface area contributed by atoms with Crippen molar-refractivity contribution in [3.63, 3.8) is 0 Å². The standard InChI is InChI=1S/C18H16N4/c19-13-21-11-12-22(14-20)18(16-9-5-2-6-10-16)17(21)15-7-3-1-4-8-15/h1-10,17-18H,11-12H2. The molecule has 2 unspecified atom stereocenters. The largest absolute Gasteiger partial charge is 0.299 e. The molecule has 0 aromatic heterocycles. The fraction of sp³-hybridized carbons (Fsp3) is 0.222. The second kappa shape index (κ2) is 6.20. The highest BCUT2D eigenvalue weighted by molar-refractivity contribution is 5.30. The fourth-order valence-corrected chi connectivity index (χ4v) is 3.08. The first-order valence-electron chi connectivity index (χ1n) is 7.28. The Morgan fingerprint density at radius 3 is 1.36 bits per heavy atom. The van der Waals surface area contributed by atoms with E-state index in [1.54, 1.807) is 9.80 Å². The first-order chi connectivity index (χ1) is 10.8. The first-order valence-corrected chi connectivity index (χ1v) is 7.28. The van der Waals surface area contributed by atoms with Gasteiger partial charge in [-0.3, -0.25) is 9.80 Å². The minimum absolute atomic E-state index is 0.151. The van der Waals surface area contributed by atoms with Crippen molar-refractivity contribution in [3.05, 3.63) is 71.8 Å². The molecule has 0 N–H and O–H groups in total. The second-order valence-electron chi connectivity index (χ2n) is 5.30. The zero-order valence-corrected chi connectivity index (χ0v) is 12.1. The molecule has 1 fully saturated rings. The number of piperazine rings is 1. The van der Waals surface area contributed by atoms with Crippen LogP contribution in [0.3, 0.4) is 0 Å². The third-order valence-electron chi connectivity index (χ3n) is 4.09. The van der Waals surface area contributed by atoms with Gasteiger partial charge in [-0.15, -0.1) is 0 Å². The molecule has 0 bridgehead atoms. The number of nitriles is 2. The van der Waals surface area contributed by atoms with Crippen molar-refractivity contribution in [2.24, 2.45) is 0 Å². The monoisotopic (exact) mass is 288 g/mol. The number of nitrogens with zero attached hydrogens (tertiary/aromatic N) is 4. The van der Waals surface area contributed by atoms with E-state index in [1.807, 2.05) is 60.7 Å². The van der Waals surface area contributed by atoms with Crippen LogP contribution in [-0.2, 0) is 0 Å². The molecule has 108 valence electrons. The van der Waals surface area contributed by atoms with Crippen molar-refractivity contribution in [2.75, 3.05) is 13.1 Å². The smallest absolute Gasteiger partial charge is 0.180 e. The molecule has 0 amide bonds. The fourth-order valence-electron chi connectivity index (χ4n) is 3.08. The van der Waals surface area contributed by atoms with Gasteiger partial charge in [0.2, 0.25) is 0 Å². The lowest BCUT2D eigenvalue weighted by Gasteiger charge is -2.43. The van der Waals surface area contributed by atoms with Crippen molar-refractivity contribution in [1.82, 2.24) is 9.80 Å². The van der Waals surface area contributed by atoms with Gasteiger partial charge in [0.15, 0.2) is 12.4 Å². The van der Waals surface area contributed by atoms with Crippen molar-refractivity contribution in [3.8, 4) is 12.4 Å². The van der Waals surface area contributed by atoms with Gasteiger partial charge in [-0.25, -0.2) is 0 Å². The molecule has 1 aliphatic rings. The van der Waals surface area contributed by atoms with E-state index in [0.29, 0.717) is 13.1 Å². The minimum atomic E-state index is -0.151. The summed E-state index contributed by atoms with van der Waals surface area (Å²) in [5, 5.41) is 19.0. The van der Waals surface area contributed by atoms with Gasteiger partial charge in [-0.2, -0.15) is 10.5 Å². The third-order valence-corrected chi connectivity index (χ3v) is 4.09. The van der Waals surface area contributed by atoms with E-state index in [4.69, 9.17) is 0 Å². The predicted molar refractivity (Wildman–Crippen MR) is 83.0 cm³/mol. The van der Waals surface area contributed by atoms with Crippen LogP contribution in [0.5, 0.6) is 0 Å². The summed E-state index contributed by atoms with van der Waals surface area (Å²) in [6.07, 6.45) is 4.59. The van der Waals surface area contributed by atoms with Gasteiger partial charge < -0.3 is 0 Å². The molecule has 0 radical (unpaired) electrons. The lowest BCUT2D eigenvalue weighted by atomic mass is 9.89. The number of hydrogen-bond donors (Lipinski definition) is 0. The Kier molecular flexibility index (Phi) is 3.94. The van der Waals surface area contributed by atoms with Crippen molar-refractivity contribution >= 4 is 0 Å². The Bertz CT molecular complexity index is 636. The van der Waals surface area contributed by atoms with E-state index < -0.39 is 0 Å². The van der Waals surface area contributed by atoms with E-state index in [9.17, 15) is 10.5 Å². The summed E-state index contributed by atoms with van der Waals surface area (Å²) in [6.45, 7) is 1.12. The van der Waals surface area contributed by atoms with Crippen LogP contribution >= 0.6 is 0 Å². The summed E-state index contributed by atoms with van der Waals surface area (Å²) in [5.41, 5.74) is 2.11. The van der Waals surface area contributed by atoms with Crippen LogP contribution in [0.2, 0.25) is 0 Å². The lowest BCUT2D eigenvalue weighted by molar-refractivity contribution is 0.0933. The van der Waals surface area contributed by atoms with Crippen LogP contribution in [0.15, 0.2) is 60.7 Å². The molecule has 4 heteroatoms. The summed E-state index contributed by atoms with van der Waals surface area (Å²) >= 11 is 0. The van der Waals surface area contributed by atoms with Crippen molar-refractivity contribution in [1.29, 1.82) is 10.5 Å². The van der Waals surface area contributed by atoms with Crippen LogP contribution in [0.25, 0.3) is 0 Å². The summed E-state index contributed by atoms with van der Waals surface area (Å²) in [7, 11) is 0. The van der Waals surface area contributed by atoms with Crippen molar-refractivity contribution < 1.29 is 0 Å². The van der Waals surface area contributed by atoms with Crippen LogP contribution in [0, 0.1) is 22.9 Å². The van der Waals surface area contributed by atoms with E-state index >= 15 is 0 Å². The molecule has 2 aromatic rings. The van der Waals surface area contributed by atoms with E-state index in [-0.39, 0.29) is 12.1 Å². The minimum Gasteiger partial charge on any atom is -0.299 e. The molecule has 22 heavy (non-hydrogen) atoms. The Labute approximate surface area is 130 Å². The Morgan fingerprint density at radius 2 is 1.05 bits per heavy atom. The molecule has 4 nitrogen and oxygen atoms in total. The molecule has 1 saturated heterocycles. The highest BCUT2D eigenvalue weighted by atomic mass is 15.3. The molecule has 0 spiro atoms. The van der Waals surface area contributed by atoms with Crippen LogP contribution in [-0.4, -0.2) is 22.9 Å². The van der Waals surface area contributed by atoms with Gasteiger partial charge in [-0.05, 0) is 11.1 Å². The molecule has 3 rings (SSSR count). The predicted octanol–water partition coefficient (Wildman–Crippen LogP) is 3.05. The maximum Gasteiger partial charge on any atom is 0.180 e.